The number of aromatic nitrogens is 3. The van der Waals surface area contributed by atoms with Crippen LogP contribution in [0.5, 0.6) is 0 Å². The van der Waals surface area contributed by atoms with Gasteiger partial charge in [0.1, 0.15) is 6.33 Å². The van der Waals surface area contributed by atoms with E-state index in [-0.39, 0.29) is 11.4 Å². The lowest BCUT2D eigenvalue weighted by Crippen LogP contribution is -2.04. The zero-order valence-electron chi connectivity index (χ0n) is 7.37. The van der Waals surface area contributed by atoms with Crippen molar-refractivity contribution in [2.45, 2.75) is 0 Å². The molecular formula is C9H5F2N3O. The van der Waals surface area contributed by atoms with Gasteiger partial charge in [-0.25, -0.2) is 13.8 Å². The summed E-state index contributed by atoms with van der Waals surface area (Å²) < 4.78 is 25.4. The van der Waals surface area contributed by atoms with Gasteiger partial charge in [-0.3, -0.25) is 9.89 Å². The van der Waals surface area contributed by atoms with Crippen molar-refractivity contribution in [3.63, 3.8) is 0 Å². The van der Waals surface area contributed by atoms with Gasteiger partial charge in [0.05, 0.1) is 0 Å². The largest absolute Gasteiger partial charge is 0.285 e. The molecule has 15 heavy (non-hydrogen) atoms. The number of nitrogens with one attached hydrogen (secondary N) is 1. The topological polar surface area (TPSA) is 58.6 Å². The molecule has 0 saturated heterocycles. The highest BCUT2D eigenvalue weighted by Gasteiger charge is 2.13. The van der Waals surface area contributed by atoms with Crippen LogP contribution >= 0.6 is 0 Å². The van der Waals surface area contributed by atoms with Crippen LogP contribution in [0.3, 0.4) is 0 Å². The van der Waals surface area contributed by atoms with E-state index in [1.165, 1.54) is 6.07 Å². The van der Waals surface area contributed by atoms with E-state index >= 15 is 0 Å². The number of ketones is 1. The number of carbonyl (C=O) groups excluding carboxylic acids is 1. The van der Waals surface area contributed by atoms with Crippen molar-refractivity contribution < 1.29 is 13.6 Å². The number of rotatable bonds is 2. The zero-order valence-corrected chi connectivity index (χ0v) is 7.37. The third-order valence-electron chi connectivity index (χ3n) is 1.81. The van der Waals surface area contributed by atoms with Crippen LogP contribution in [0.4, 0.5) is 8.78 Å². The summed E-state index contributed by atoms with van der Waals surface area (Å²) in [6, 6.07) is 2.89. The van der Waals surface area contributed by atoms with Gasteiger partial charge in [0, 0.05) is 5.56 Å². The minimum absolute atomic E-state index is 0.0130. The SMILES string of the molecule is O=C(c1ccc(F)c(F)c1)c1ncn[nH]1. The first kappa shape index (κ1) is 9.45. The molecule has 0 aliphatic carbocycles. The van der Waals surface area contributed by atoms with Crippen molar-refractivity contribution in [3.05, 3.63) is 47.5 Å². The summed E-state index contributed by atoms with van der Waals surface area (Å²) in [6.45, 7) is 0. The number of carbonyl (C=O) groups is 1. The van der Waals surface area contributed by atoms with Crippen LogP contribution in [0.1, 0.15) is 16.2 Å². The van der Waals surface area contributed by atoms with E-state index in [0.717, 1.165) is 18.5 Å². The highest BCUT2D eigenvalue weighted by atomic mass is 19.2. The predicted molar refractivity (Wildman–Crippen MR) is 46.2 cm³/mol. The molecule has 6 heteroatoms. The van der Waals surface area contributed by atoms with Crippen LogP contribution in [-0.4, -0.2) is 21.0 Å². The summed E-state index contributed by atoms with van der Waals surface area (Å²) in [5.74, 6) is -2.61. The molecule has 2 aromatic rings. The molecule has 0 aliphatic rings. The Bertz CT molecular complexity index is 496. The van der Waals surface area contributed by atoms with Gasteiger partial charge >= 0.3 is 0 Å². The second-order valence-corrected chi connectivity index (χ2v) is 2.79. The van der Waals surface area contributed by atoms with E-state index < -0.39 is 17.4 Å². The summed E-state index contributed by atoms with van der Waals surface area (Å²) in [5, 5.41) is 5.83. The summed E-state index contributed by atoms with van der Waals surface area (Å²) in [6.07, 6.45) is 1.16. The van der Waals surface area contributed by atoms with Crippen molar-refractivity contribution in [1.29, 1.82) is 0 Å². The van der Waals surface area contributed by atoms with E-state index in [1.807, 2.05) is 0 Å². The van der Waals surface area contributed by atoms with Gasteiger partial charge in [-0.15, -0.1) is 0 Å². The lowest BCUT2D eigenvalue weighted by atomic mass is 10.1. The van der Waals surface area contributed by atoms with Crippen molar-refractivity contribution in [1.82, 2.24) is 15.2 Å². The molecule has 1 N–H and O–H groups in total. The number of nitrogens with zero attached hydrogens (tertiary/aromatic N) is 2. The highest BCUT2D eigenvalue weighted by Crippen LogP contribution is 2.11. The zero-order chi connectivity index (χ0) is 10.8. The molecule has 0 saturated carbocycles. The summed E-state index contributed by atoms with van der Waals surface area (Å²) in [5.41, 5.74) is 0.0191. The fraction of sp³-hybridized carbons (Fsp3) is 0. The lowest BCUT2D eigenvalue weighted by Gasteiger charge is -1.97. The van der Waals surface area contributed by atoms with Crippen LogP contribution in [0.2, 0.25) is 0 Å². The average Bonchev–Trinajstić information content (AvgIpc) is 2.74. The number of hydrogen-bond acceptors (Lipinski definition) is 3. The van der Waals surface area contributed by atoms with Crippen molar-refractivity contribution in [2.24, 2.45) is 0 Å². The van der Waals surface area contributed by atoms with Crippen molar-refractivity contribution in [2.75, 3.05) is 0 Å². The fourth-order valence-corrected chi connectivity index (χ4v) is 1.09. The molecular weight excluding hydrogens is 204 g/mol. The van der Waals surface area contributed by atoms with Gasteiger partial charge in [-0.05, 0) is 18.2 Å². The van der Waals surface area contributed by atoms with Crippen molar-refractivity contribution in [3.8, 4) is 0 Å². The van der Waals surface area contributed by atoms with E-state index in [2.05, 4.69) is 15.2 Å². The van der Waals surface area contributed by atoms with Gasteiger partial charge in [0.15, 0.2) is 17.5 Å². The molecule has 0 aliphatic heterocycles. The molecule has 0 unspecified atom stereocenters. The molecule has 0 spiro atoms. The standard InChI is InChI=1S/C9H5F2N3O/c10-6-2-1-5(3-7(6)11)8(15)9-12-4-13-14-9/h1-4H,(H,12,13,14). The Hall–Kier alpha value is -2.11. The Kier molecular flexibility index (Phi) is 2.24. The summed E-state index contributed by atoms with van der Waals surface area (Å²) in [4.78, 5) is 15.2. The Labute approximate surface area is 83.0 Å². The maximum Gasteiger partial charge on any atom is 0.229 e. The van der Waals surface area contributed by atoms with Crippen LogP contribution in [0.25, 0.3) is 0 Å². The molecule has 1 aromatic heterocycles. The van der Waals surface area contributed by atoms with E-state index in [9.17, 15) is 13.6 Å². The maximum absolute atomic E-state index is 12.8. The number of halogens is 2. The third kappa shape index (κ3) is 1.74. The first-order valence-electron chi connectivity index (χ1n) is 4.03. The molecule has 1 heterocycles. The Morgan fingerprint density at radius 1 is 1.27 bits per heavy atom. The number of hydrogen-bond donors (Lipinski definition) is 1. The Balaban J connectivity index is 2.39. The summed E-state index contributed by atoms with van der Waals surface area (Å²) >= 11 is 0. The van der Waals surface area contributed by atoms with Gasteiger partial charge in [-0.1, -0.05) is 0 Å². The number of benzene rings is 1. The predicted octanol–water partition coefficient (Wildman–Crippen LogP) is 1.31. The van der Waals surface area contributed by atoms with Gasteiger partial charge in [0.2, 0.25) is 5.78 Å². The molecule has 4 nitrogen and oxygen atoms in total. The molecule has 0 atom stereocenters. The first-order valence-corrected chi connectivity index (χ1v) is 4.03. The van der Waals surface area contributed by atoms with Gasteiger partial charge in [0.25, 0.3) is 0 Å². The summed E-state index contributed by atoms with van der Waals surface area (Å²) in [7, 11) is 0. The normalized spacial score (nSPS) is 10.3. The quantitative estimate of drug-likeness (QED) is 0.758. The highest BCUT2D eigenvalue weighted by molar-refractivity contribution is 6.06. The molecule has 2 rings (SSSR count). The second-order valence-electron chi connectivity index (χ2n) is 2.79. The smallest absolute Gasteiger partial charge is 0.229 e. The van der Waals surface area contributed by atoms with E-state index in [1.54, 1.807) is 0 Å². The monoisotopic (exact) mass is 209 g/mol. The molecule has 0 bridgehead atoms. The van der Waals surface area contributed by atoms with Crippen molar-refractivity contribution >= 4 is 5.78 Å². The number of H-pyrrole nitrogens is 1. The minimum atomic E-state index is -1.07. The minimum Gasteiger partial charge on any atom is -0.285 e. The lowest BCUT2D eigenvalue weighted by molar-refractivity contribution is 0.102. The molecule has 0 fully saturated rings. The van der Waals surface area contributed by atoms with Crippen LogP contribution in [0, 0.1) is 11.6 Å². The molecule has 76 valence electrons. The van der Waals surface area contributed by atoms with Crippen LogP contribution in [-0.2, 0) is 0 Å². The Morgan fingerprint density at radius 3 is 2.67 bits per heavy atom. The molecule has 0 amide bonds. The molecule has 0 radical (unpaired) electrons. The van der Waals surface area contributed by atoms with Gasteiger partial charge < -0.3 is 0 Å². The molecule has 1 aromatic carbocycles. The van der Waals surface area contributed by atoms with Crippen LogP contribution < -0.4 is 0 Å². The van der Waals surface area contributed by atoms with Gasteiger partial charge in [-0.2, -0.15) is 5.10 Å². The van der Waals surface area contributed by atoms with E-state index in [0.29, 0.717) is 0 Å². The first-order chi connectivity index (χ1) is 7.18. The van der Waals surface area contributed by atoms with E-state index in [4.69, 9.17) is 0 Å². The average molecular weight is 209 g/mol. The second kappa shape index (κ2) is 3.56. The Morgan fingerprint density at radius 2 is 2.07 bits per heavy atom. The van der Waals surface area contributed by atoms with Crippen LogP contribution in [0.15, 0.2) is 24.5 Å². The number of aromatic amines is 1. The third-order valence-corrected chi connectivity index (χ3v) is 1.81. The maximum atomic E-state index is 12.8. The fourth-order valence-electron chi connectivity index (χ4n) is 1.09.